The average Bonchev–Trinajstić information content (AvgIpc) is 2.35. The molecule has 0 N–H and O–H groups in total. The molecule has 0 bridgehead atoms. The van der Waals surface area contributed by atoms with Gasteiger partial charge in [0.2, 0.25) is 0 Å². The number of nitrogens with zero attached hydrogens (tertiary/aromatic N) is 2. The summed E-state index contributed by atoms with van der Waals surface area (Å²) in [5.41, 5.74) is 0. The molecule has 1 fully saturated rings. The summed E-state index contributed by atoms with van der Waals surface area (Å²) in [7, 11) is 3.84. The number of rotatable bonds is 2. The number of amides is 1. The third-order valence-corrected chi connectivity index (χ3v) is 2.61. The minimum Gasteiger partial charge on any atom is -0.332 e. The predicted octanol–water partition coefficient (Wildman–Crippen LogP) is 1.23. The lowest BCUT2D eigenvalue weighted by Crippen LogP contribution is -2.29. The molecule has 0 spiro atoms. The Morgan fingerprint density at radius 2 is 2.42 bits per heavy atom. The highest BCUT2D eigenvalue weighted by atomic mass is 35.5. The molecule has 1 aliphatic rings. The lowest BCUT2D eigenvalue weighted by atomic mass is 10.1. The fourth-order valence-electron chi connectivity index (χ4n) is 1.63. The maximum absolute atomic E-state index is 10.7. The molecule has 0 aromatic carbocycles. The topological polar surface area (TPSA) is 23.6 Å². The van der Waals surface area contributed by atoms with E-state index in [9.17, 15) is 4.79 Å². The van der Waals surface area contributed by atoms with Crippen LogP contribution in [0.1, 0.15) is 6.42 Å². The summed E-state index contributed by atoms with van der Waals surface area (Å²) >= 11 is 5.32. The molecule has 1 amide bonds. The second-order valence-corrected chi connectivity index (χ2v) is 3.87. The molecule has 0 saturated carbocycles. The average molecular weight is 191 g/mol. The van der Waals surface area contributed by atoms with Crippen molar-refractivity contribution >= 4 is 17.0 Å². The van der Waals surface area contributed by atoms with Crippen LogP contribution in [0.5, 0.6) is 0 Å². The van der Waals surface area contributed by atoms with Gasteiger partial charge in [0, 0.05) is 20.1 Å². The minimum atomic E-state index is -0.357. The number of likely N-dealkylation sites (tertiary alicyclic amines) is 1. The van der Waals surface area contributed by atoms with Crippen LogP contribution in [-0.4, -0.2) is 48.9 Å². The van der Waals surface area contributed by atoms with Gasteiger partial charge >= 0.3 is 5.37 Å². The van der Waals surface area contributed by atoms with E-state index in [1.165, 1.54) is 6.42 Å². The molecular formula is C8H15ClN2O. The standard InChI is InChI=1S/C8H15ClN2O/c1-10-4-3-7(5-10)6-11(2)8(9)12/h7H,3-6H2,1-2H3. The van der Waals surface area contributed by atoms with Crippen LogP contribution < -0.4 is 0 Å². The number of carbonyl (C=O) groups is 1. The van der Waals surface area contributed by atoms with E-state index in [1.807, 2.05) is 0 Å². The Morgan fingerprint density at radius 1 is 1.75 bits per heavy atom. The van der Waals surface area contributed by atoms with Gasteiger partial charge in [-0.05, 0) is 37.5 Å². The zero-order valence-corrected chi connectivity index (χ0v) is 8.34. The van der Waals surface area contributed by atoms with E-state index < -0.39 is 0 Å². The molecule has 3 nitrogen and oxygen atoms in total. The van der Waals surface area contributed by atoms with Crippen molar-refractivity contribution in [3.8, 4) is 0 Å². The second kappa shape index (κ2) is 4.10. The van der Waals surface area contributed by atoms with E-state index in [2.05, 4.69) is 11.9 Å². The van der Waals surface area contributed by atoms with Crippen LogP contribution in [0.25, 0.3) is 0 Å². The maximum Gasteiger partial charge on any atom is 0.316 e. The first-order chi connectivity index (χ1) is 5.59. The van der Waals surface area contributed by atoms with Crippen molar-refractivity contribution in [2.24, 2.45) is 5.92 Å². The Bertz CT molecular complexity index is 174. The van der Waals surface area contributed by atoms with Crippen molar-refractivity contribution in [2.75, 3.05) is 33.7 Å². The number of carbonyl (C=O) groups excluding carboxylic acids is 1. The van der Waals surface area contributed by atoms with E-state index >= 15 is 0 Å². The fraction of sp³-hybridized carbons (Fsp3) is 0.875. The summed E-state index contributed by atoms with van der Waals surface area (Å²) in [6, 6.07) is 0. The maximum atomic E-state index is 10.7. The first-order valence-electron chi connectivity index (χ1n) is 4.18. The Balaban J connectivity index is 2.27. The van der Waals surface area contributed by atoms with Crippen molar-refractivity contribution < 1.29 is 4.79 Å². The molecule has 1 saturated heterocycles. The van der Waals surface area contributed by atoms with Gasteiger partial charge in [-0.1, -0.05) is 0 Å². The Morgan fingerprint density at radius 3 is 2.83 bits per heavy atom. The summed E-state index contributed by atoms with van der Waals surface area (Å²) in [6.45, 7) is 3.00. The minimum absolute atomic E-state index is 0.357. The van der Waals surface area contributed by atoms with E-state index in [4.69, 9.17) is 11.6 Å². The van der Waals surface area contributed by atoms with Crippen molar-refractivity contribution in [2.45, 2.75) is 6.42 Å². The normalized spacial score (nSPS) is 24.4. The molecule has 1 unspecified atom stereocenters. The molecule has 4 heteroatoms. The van der Waals surface area contributed by atoms with E-state index in [1.54, 1.807) is 11.9 Å². The van der Waals surface area contributed by atoms with Crippen molar-refractivity contribution in [3.63, 3.8) is 0 Å². The SMILES string of the molecule is CN1CCC(CN(C)C(=O)Cl)C1. The molecule has 0 aromatic heterocycles. The number of halogens is 1. The molecule has 1 atom stereocenters. The molecule has 1 heterocycles. The monoisotopic (exact) mass is 190 g/mol. The van der Waals surface area contributed by atoms with Gasteiger partial charge in [0.05, 0.1) is 0 Å². The summed E-state index contributed by atoms with van der Waals surface area (Å²) in [5.74, 6) is 0.600. The summed E-state index contributed by atoms with van der Waals surface area (Å²) in [5, 5.41) is -0.357. The van der Waals surface area contributed by atoms with Crippen LogP contribution in [0, 0.1) is 5.92 Å². The second-order valence-electron chi connectivity index (χ2n) is 3.55. The zero-order chi connectivity index (χ0) is 9.14. The van der Waals surface area contributed by atoms with E-state index in [0.29, 0.717) is 5.92 Å². The lowest BCUT2D eigenvalue weighted by molar-refractivity contribution is 0.223. The molecule has 1 rings (SSSR count). The van der Waals surface area contributed by atoms with Gasteiger partial charge in [0.15, 0.2) is 0 Å². The first-order valence-corrected chi connectivity index (χ1v) is 4.56. The van der Waals surface area contributed by atoms with Crippen LogP contribution in [-0.2, 0) is 0 Å². The molecular weight excluding hydrogens is 176 g/mol. The Hall–Kier alpha value is -0.280. The molecule has 1 aliphatic heterocycles. The molecule has 0 aliphatic carbocycles. The lowest BCUT2D eigenvalue weighted by Gasteiger charge is -2.17. The van der Waals surface area contributed by atoms with Crippen molar-refractivity contribution in [1.29, 1.82) is 0 Å². The third kappa shape index (κ3) is 2.64. The highest BCUT2D eigenvalue weighted by Gasteiger charge is 2.21. The molecule has 0 aromatic rings. The fourth-order valence-corrected chi connectivity index (χ4v) is 1.70. The first kappa shape index (κ1) is 9.81. The van der Waals surface area contributed by atoms with Gasteiger partial charge in [0.25, 0.3) is 0 Å². The van der Waals surface area contributed by atoms with E-state index in [-0.39, 0.29) is 5.37 Å². The van der Waals surface area contributed by atoms with Gasteiger partial charge < -0.3 is 9.80 Å². The molecule has 70 valence electrons. The predicted molar refractivity (Wildman–Crippen MR) is 49.5 cm³/mol. The number of hydrogen-bond donors (Lipinski definition) is 0. The third-order valence-electron chi connectivity index (χ3n) is 2.32. The van der Waals surface area contributed by atoms with Crippen LogP contribution >= 0.6 is 11.6 Å². The molecule has 0 radical (unpaired) electrons. The summed E-state index contributed by atoms with van der Waals surface area (Å²) in [6.07, 6.45) is 1.17. The van der Waals surface area contributed by atoms with Crippen LogP contribution in [0.15, 0.2) is 0 Å². The Kier molecular flexibility index (Phi) is 3.35. The highest BCUT2D eigenvalue weighted by Crippen LogP contribution is 2.15. The van der Waals surface area contributed by atoms with E-state index in [0.717, 1.165) is 19.6 Å². The van der Waals surface area contributed by atoms with Crippen molar-refractivity contribution in [1.82, 2.24) is 9.80 Å². The van der Waals surface area contributed by atoms with Crippen LogP contribution in [0.4, 0.5) is 4.79 Å². The van der Waals surface area contributed by atoms with Gasteiger partial charge in [-0.3, -0.25) is 4.79 Å². The zero-order valence-electron chi connectivity index (χ0n) is 7.59. The Labute approximate surface area is 78.3 Å². The smallest absolute Gasteiger partial charge is 0.316 e. The number of hydrogen-bond acceptors (Lipinski definition) is 2. The van der Waals surface area contributed by atoms with Gasteiger partial charge in [-0.2, -0.15) is 0 Å². The highest BCUT2D eigenvalue weighted by molar-refractivity contribution is 6.62. The van der Waals surface area contributed by atoms with Crippen LogP contribution in [0.3, 0.4) is 0 Å². The van der Waals surface area contributed by atoms with Crippen LogP contribution in [0.2, 0.25) is 0 Å². The van der Waals surface area contributed by atoms with Gasteiger partial charge in [0.1, 0.15) is 0 Å². The molecule has 12 heavy (non-hydrogen) atoms. The quantitative estimate of drug-likeness (QED) is 0.483. The summed E-state index contributed by atoms with van der Waals surface area (Å²) < 4.78 is 0. The van der Waals surface area contributed by atoms with Crippen molar-refractivity contribution in [3.05, 3.63) is 0 Å². The largest absolute Gasteiger partial charge is 0.332 e. The van der Waals surface area contributed by atoms with Gasteiger partial charge in [-0.15, -0.1) is 0 Å². The summed E-state index contributed by atoms with van der Waals surface area (Å²) in [4.78, 5) is 14.5. The van der Waals surface area contributed by atoms with Gasteiger partial charge in [-0.25, -0.2) is 0 Å².